The molecule has 1 aliphatic heterocycles. The lowest BCUT2D eigenvalue weighted by atomic mass is 10.1. The minimum atomic E-state index is -0.399. The number of hydrogen-bond acceptors (Lipinski definition) is 4. The van der Waals surface area contributed by atoms with Crippen molar-refractivity contribution in [1.82, 2.24) is 10.2 Å². The number of halogens is 1. The van der Waals surface area contributed by atoms with Gasteiger partial charge in [0.1, 0.15) is 12.3 Å². The zero-order valence-electron chi connectivity index (χ0n) is 17.9. The summed E-state index contributed by atoms with van der Waals surface area (Å²) in [5.41, 5.74) is 2.01. The molecular formula is C25H23BrN2O4. The maximum Gasteiger partial charge on any atom is 0.329 e. The molecule has 1 heterocycles. The quantitative estimate of drug-likeness (QED) is 0.348. The first-order valence-electron chi connectivity index (χ1n) is 10.3. The van der Waals surface area contributed by atoms with Crippen molar-refractivity contribution in [2.45, 2.75) is 20.0 Å². The van der Waals surface area contributed by atoms with Gasteiger partial charge in [0.25, 0.3) is 5.91 Å². The Bertz CT molecular complexity index is 1220. The van der Waals surface area contributed by atoms with Crippen LogP contribution in [0, 0.1) is 0 Å². The number of nitrogens with one attached hydrogen (secondary N) is 1. The highest BCUT2D eigenvalue weighted by molar-refractivity contribution is 9.10. The van der Waals surface area contributed by atoms with Crippen molar-refractivity contribution in [1.29, 1.82) is 0 Å². The topological polar surface area (TPSA) is 67.9 Å². The molecule has 0 unspecified atom stereocenters. The summed E-state index contributed by atoms with van der Waals surface area (Å²) >= 11 is 3.56. The molecule has 1 saturated heterocycles. The molecule has 4 rings (SSSR count). The van der Waals surface area contributed by atoms with E-state index in [0.29, 0.717) is 41.1 Å². The lowest BCUT2D eigenvalue weighted by Gasteiger charge is -2.15. The fourth-order valence-corrected chi connectivity index (χ4v) is 4.27. The zero-order valence-corrected chi connectivity index (χ0v) is 19.4. The van der Waals surface area contributed by atoms with Gasteiger partial charge < -0.3 is 14.8 Å². The number of urea groups is 1. The first-order chi connectivity index (χ1) is 15.5. The largest absolute Gasteiger partial charge is 0.493 e. The molecule has 3 aromatic rings. The third-order valence-corrected chi connectivity index (χ3v) is 5.81. The smallest absolute Gasteiger partial charge is 0.329 e. The number of ether oxygens (including phenoxy) is 2. The molecule has 0 spiro atoms. The predicted octanol–water partition coefficient (Wildman–Crippen LogP) is 5.49. The lowest BCUT2D eigenvalue weighted by Crippen LogP contribution is -2.31. The molecule has 6 nitrogen and oxygen atoms in total. The van der Waals surface area contributed by atoms with Crippen LogP contribution in [0.2, 0.25) is 0 Å². The van der Waals surface area contributed by atoms with Gasteiger partial charge in [0.05, 0.1) is 11.6 Å². The van der Waals surface area contributed by atoms with Gasteiger partial charge in [0.2, 0.25) is 0 Å². The number of imide groups is 1. The fourth-order valence-electron chi connectivity index (χ4n) is 3.70. The molecule has 1 aliphatic rings. The molecule has 0 atom stereocenters. The van der Waals surface area contributed by atoms with Crippen molar-refractivity contribution in [2.24, 2.45) is 0 Å². The Balaban J connectivity index is 1.59. The third-order valence-electron chi connectivity index (χ3n) is 5.22. The molecule has 1 N–H and O–H groups in total. The van der Waals surface area contributed by atoms with Crippen LogP contribution in [0.3, 0.4) is 0 Å². The van der Waals surface area contributed by atoms with Crippen molar-refractivity contribution in [3.05, 3.63) is 75.9 Å². The number of carbonyl (C=O) groups excluding carboxylic acids is 2. The van der Waals surface area contributed by atoms with E-state index in [1.165, 1.54) is 4.90 Å². The molecule has 1 fully saturated rings. The molecule has 0 aromatic heterocycles. The van der Waals surface area contributed by atoms with Gasteiger partial charge in [-0.15, -0.1) is 0 Å². The highest BCUT2D eigenvalue weighted by atomic mass is 79.9. The Morgan fingerprint density at radius 1 is 1.09 bits per heavy atom. The molecule has 3 amide bonds. The van der Waals surface area contributed by atoms with Crippen LogP contribution in [-0.2, 0) is 11.4 Å². The second-order valence-corrected chi connectivity index (χ2v) is 8.26. The summed E-state index contributed by atoms with van der Waals surface area (Å²) in [7, 11) is 1.56. The average molecular weight is 495 g/mol. The van der Waals surface area contributed by atoms with E-state index in [1.54, 1.807) is 19.3 Å². The number of carbonyl (C=O) groups is 2. The van der Waals surface area contributed by atoms with Gasteiger partial charge in [0.15, 0.2) is 11.5 Å². The third kappa shape index (κ3) is 4.34. The number of methoxy groups -OCH3 is 1. The van der Waals surface area contributed by atoms with Gasteiger partial charge in [-0.05, 0) is 62.5 Å². The van der Waals surface area contributed by atoms with Gasteiger partial charge in [-0.25, -0.2) is 4.79 Å². The van der Waals surface area contributed by atoms with Crippen LogP contribution in [0.25, 0.3) is 16.8 Å². The summed E-state index contributed by atoms with van der Waals surface area (Å²) in [6, 6.07) is 17.5. The maximum atomic E-state index is 12.5. The molecule has 0 saturated carbocycles. The number of fused-ring (bicyclic) bond motifs is 1. The summed E-state index contributed by atoms with van der Waals surface area (Å²) in [4.78, 5) is 25.7. The van der Waals surface area contributed by atoms with E-state index in [-0.39, 0.29) is 11.6 Å². The molecule has 0 radical (unpaired) electrons. The number of hydrogen-bond donors (Lipinski definition) is 1. The first kappa shape index (κ1) is 21.9. The second-order valence-electron chi connectivity index (χ2n) is 7.41. The van der Waals surface area contributed by atoms with E-state index >= 15 is 0 Å². The molecule has 32 heavy (non-hydrogen) atoms. The number of benzene rings is 3. The van der Waals surface area contributed by atoms with Gasteiger partial charge in [-0.2, -0.15) is 0 Å². The highest BCUT2D eigenvalue weighted by Crippen LogP contribution is 2.38. The fraction of sp³-hybridized carbons (Fsp3) is 0.200. The van der Waals surface area contributed by atoms with Crippen molar-refractivity contribution in [3.63, 3.8) is 0 Å². The van der Waals surface area contributed by atoms with Crippen LogP contribution < -0.4 is 14.8 Å². The average Bonchev–Trinajstić information content (AvgIpc) is 3.05. The predicted molar refractivity (Wildman–Crippen MR) is 127 cm³/mol. The van der Waals surface area contributed by atoms with E-state index < -0.39 is 6.03 Å². The van der Waals surface area contributed by atoms with E-state index in [4.69, 9.17) is 9.47 Å². The Morgan fingerprint density at radius 2 is 1.88 bits per heavy atom. The Morgan fingerprint density at radius 3 is 2.66 bits per heavy atom. The molecule has 0 bridgehead atoms. The molecule has 164 valence electrons. The van der Waals surface area contributed by atoms with Crippen molar-refractivity contribution in [3.8, 4) is 11.5 Å². The first-order valence-corrected chi connectivity index (χ1v) is 11.1. The van der Waals surface area contributed by atoms with Crippen LogP contribution in [0.1, 0.15) is 24.5 Å². The number of amides is 3. The molecule has 0 aliphatic carbocycles. The summed E-state index contributed by atoms with van der Waals surface area (Å²) in [6.07, 6.45) is 2.34. The lowest BCUT2D eigenvalue weighted by molar-refractivity contribution is -0.122. The Labute approximate surface area is 194 Å². The molecular weight excluding hydrogens is 472 g/mol. The van der Waals surface area contributed by atoms with E-state index in [9.17, 15) is 9.59 Å². The normalized spacial score (nSPS) is 14.8. The van der Waals surface area contributed by atoms with Crippen molar-refractivity contribution in [2.75, 3.05) is 13.7 Å². The van der Waals surface area contributed by atoms with Gasteiger partial charge in [-0.1, -0.05) is 49.4 Å². The number of nitrogens with zero attached hydrogens (tertiary/aromatic N) is 1. The van der Waals surface area contributed by atoms with Gasteiger partial charge in [-0.3, -0.25) is 9.69 Å². The summed E-state index contributed by atoms with van der Waals surface area (Å²) in [6.45, 7) is 2.68. The second kappa shape index (κ2) is 9.44. The minimum Gasteiger partial charge on any atom is -0.493 e. The Hall–Kier alpha value is -3.32. The van der Waals surface area contributed by atoms with Gasteiger partial charge >= 0.3 is 6.03 Å². The zero-order chi connectivity index (χ0) is 22.7. The van der Waals surface area contributed by atoms with Crippen LogP contribution in [0.15, 0.2) is 64.8 Å². The summed E-state index contributed by atoms with van der Waals surface area (Å²) in [5, 5.41) is 4.93. The van der Waals surface area contributed by atoms with Gasteiger partial charge in [0, 0.05) is 6.54 Å². The van der Waals surface area contributed by atoms with E-state index in [1.807, 2.05) is 37.3 Å². The molecule has 7 heteroatoms. The van der Waals surface area contributed by atoms with E-state index in [0.717, 1.165) is 16.3 Å². The van der Waals surface area contributed by atoms with Crippen LogP contribution in [0.5, 0.6) is 11.5 Å². The Kier molecular flexibility index (Phi) is 6.46. The summed E-state index contributed by atoms with van der Waals surface area (Å²) in [5.74, 6) is 0.758. The molecule has 3 aromatic carbocycles. The van der Waals surface area contributed by atoms with Crippen LogP contribution in [0.4, 0.5) is 4.79 Å². The highest BCUT2D eigenvalue weighted by Gasteiger charge is 2.32. The maximum absolute atomic E-state index is 12.5. The SMILES string of the molecule is CCCN1C(=O)N/C(=C\c2cc(Br)c(OCc3cccc4ccccc34)c(OC)c2)C1=O. The standard InChI is InChI=1S/C25H23BrN2O4/c1-3-11-28-24(29)21(27-25(28)30)13-16-12-20(26)23(22(14-16)31-2)32-15-18-9-6-8-17-7-4-5-10-19(17)18/h4-10,12-14H,3,11,15H2,1-2H3,(H,27,30)/b21-13-. The monoisotopic (exact) mass is 494 g/mol. The number of rotatable bonds is 7. The van der Waals surface area contributed by atoms with Crippen molar-refractivity contribution < 1.29 is 19.1 Å². The minimum absolute atomic E-state index is 0.238. The van der Waals surface area contributed by atoms with Crippen molar-refractivity contribution >= 4 is 44.7 Å². The van der Waals surface area contributed by atoms with E-state index in [2.05, 4.69) is 39.4 Å². The van der Waals surface area contributed by atoms with Crippen LogP contribution >= 0.6 is 15.9 Å². The summed E-state index contributed by atoms with van der Waals surface area (Å²) < 4.78 is 12.4. The van der Waals surface area contributed by atoms with Crippen LogP contribution in [-0.4, -0.2) is 30.5 Å².